The Labute approximate surface area is 132 Å². The minimum atomic E-state index is -3.79. The van der Waals surface area contributed by atoms with Crippen LogP contribution in [0.15, 0.2) is 27.6 Å². The number of nitrogens with two attached hydrogens (primary N) is 2. The van der Waals surface area contributed by atoms with Gasteiger partial charge in [0.2, 0.25) is 15.9 Å². The lowest BCUT2D eigenvalue weighted by molar-refractivity contribution is -0.118. The molecular formula is C13H18BrN3O3S. The summed E-state index contributed by atoms with van der Waals surface area (Å²) in [5.74, 6) is -0.657. The molecule has 0 radical (unpaired) electrons. The summed E-state index contributed by atoms with van der Waals surface area (Å²) in [6, 6.07) is 4.27. The molecule has 0 saturated heterocycles. The van der Waals surface area contributed by atoms with Gasteiger partial charge in [-0.15, -0.1) is 0 Å². The number of amides is 1. The first-order valence-corrected chi connectivity index (χ1v) is 8.91. The van der Waals surface area contributed by atoms with Gasteiger partial charge in [-0.3, -0.25) is 4.79 Å². The zero-order valence-corrected chi connectivity index (χ0v) is 13.9. The molecule has 2 rings (SSSR count). The fraction of sp³-hybridized carbons (Fsp3) is 0.462. The summed E-state index contributed by atoms with van der Waals surface area (Å²) in [6.45, 7) is -0.303. The minimum absolute atomic E-state index is 0.0800. The fourth-order valence-electron chi connectivity index (χ4n) is 2.57. The third-order valence-electron chi connectivity index (χ3n) is 3.62. The molecule has 0 heterocycles. The maximum atomic E-state index is 12.8. The standard InChI is InChI=1S/C13H18BrN3O3S/c14-11-6-5-10(7-12(11)15)21(19,20)17(8-13(16)18)9-3-1-2-4-9/h5-7,9H,1-4,8,15H2,(H2,16,18). The van der Waals surface area contributed by atoms with Gasteiger partial charge in [0.05, 0.1) is 11.4 Å². The van der Waals surface area contributed by atoms with E-state index >= 15 is 0 Å². The van der Waals surface area contributed by atoms with Gasteiger partial charge in [0.1, 0.15) is 0 Å². The number of carbonyl (C=O) groups is 1. The van der Waals surface area contributed by atoms with Gasteiger partial charge in [-0.2, -0.15) is 4.31 Å². The van der Waals surface area contributed by atoms with Crippen molar-refractivity contribution in [3.8, 4) is 0 Å². The second-order valence-electron chi connectivity index (χ2n) is 5.14. The summed E-state index contributed by atoms with van der Waals surface area (Å²) in [7, 11) is -3.79. The smallest absolute Gasteiger partial charge is 0.243 e. The molecule has 6 nitrogen and oxygen atoms in total. The molecule has 0 unspecified atom stereocenters. The molecule has 0 aliphatic heterocycles. The van der Waals surface area contributed by atoms with Gasteiger partial charge in [-0.05, 0) is 47.0 Å². The summed E-state index contributed by atoms with van der Waals surface area (Å²) < 4.78 is 27.4. The number of hydrogen-bond donors (Lipinski definition) is 2. The lowest BCUT2D eigenvalue weighted by Gasteiger charge is -2.27. The van der Waals surface area contributed by atoms with Crippen LogP contribution in [0.5, 0.6) is 0 Å². The van der Waals surface area contributed by atoms with E-state index in [4.69, 9.17) is 11.5 Å². The highest BCUT2D eigenvalue weighted by Gasteiger charge is 2.34. The van der Waals surface area contributed by atoms with Gasteiger partial charge in [0, 0.05) is 16.2 Å². The van der Waals surface area contributed by atoms with Crippen molar-refractivity contribution in [3.05, 3.63) is 22.7 Å². The van der Waals surface area contributed by atoms with Crippen LogP contribution < -0.4 is 11.5 Å². The zero-order valence-electron chi connectivity index (χ0n) is 11.5. The average molecular weight is 376 g/mol. The summed E-state index contributed by atoms with van der Waals surface area (Å²) in [5, 5.41) is 0. The largest absolute Gasteiger partial charge is 0.398 e. The maximum Gasteiger partial charge on any atom is 0.243 e. The molecule has 1 aliphatic carbocycles. The van der Waals surface area contributed by atoms with Gasteiger partial charge in [0.15, 0.2) is 0 Å². The van der Waals surface area contributed by atoms with Crippen molar-refractivity contribution in [1.29, 1.82) is 0 Å². The van der Waals surface area contributed by atoms with E-state index in [1.165, 1.54) is 16.4 Å². The van der Waals surface area contributed by atoms with E-state index in [0.717, 1.165) is 25.7 Å². The van der Waals surface area contributed by atoms with Gasteiger partial charge in [0.25, 0.3) is 0 Å². The molecule has 0 spiro atoms. The summed E-state index contributed by atoms with van der Waals surface area (Å²) in [6.07, 6.45) is 3.41. The van der Waals surface area contributed by atoms with Gasteiger partial charge < -0.3 is 11.5 Å². The Morgan fingerprint density at radius 1 is 1.33 bits per heavy atom. The topological polar surface area (TPSA) is 106 Å². The molecule has 21 heavy (non-hydrogen) atoms. The van der Waals surface area contributed by atoms with E-state index in [9.17, 15) is 13.2 Å². The Morgan fingerprint density at radius 2 is 1.95 bits per heavy atom. The summed E-state index contributed by atoms with van der Waals surface area (Å²) in [5.41, 5.74) is 11.3. The van der Waals surface area contributed by atoms with E-state index in [2.05, 4.69) is 15.9 Å². The maximum absolute atomic E-state index is 12.8. The fourth-order valence-corrected chi connectivity index (χ4v) is 4.51. The van der Waals surface area contributed by atoms with E-state index in [1.54, 1.807) is 6.07 Å². The SMILES string of the molecule is NC(=O)CN(C1CCCC1)S(=O)(=O)c1ccc(Br)c(N)c1. The average Bonchev–Trinajstić information content (AvgIpc) is 2.92. The number of halogens is 1. The highest BCUT2D eigenvalue weighted by Crippen LogP contribution is 2.30. The first-order chi connectivity index (χ1) is 9.82. The number of hydrogen-bond acceptors (Lipinski definition) is 4. The molecule has 116 valence electrons. The van der Waals surface area contributed by atoms with Crippen LogP contribution >= 0.6 is 15.9 Å². The van der Waals surface area contributed by atoms with Crippen LogP contribution in [-0.4, -0.2) is 31.2 Å². The van der Waals surface area contributed by atoms with Crippen molar-refractivity contribution in [2.45, 2.75) is 36.6 Å². The number of anilines is 1. The molecule has 0 bridgehead atoms. The molecule has 1 fully saturated rings. The van der Waals surface area contributed by atoms with E-state index in [-0.39, 0.29) is 17.5 Å². The zero-order chi connectivity index (χ0) is 15.6. The lowest BCUT2D eigenvalue weighted by Crippen LogP contribution is -2.44. The van der Waals surface area contributed by atoms with Crippen molar-refractivity contribution in [2.75, 3.05) is 12.3 Å². The second-order valence-corrected chi connectivity index (χ2v) is 7.88. The van der Waals surface area contributed by atoms with Crippen LogP contribution in [0.4, 0.5) is 5.69 Å². The third kappa shape index (κ3) is 3.56. The third-order valence-corrected chi connectivity index (χ3v) is 6.23. The van der Waals surface area contributed by atoms with E-state index in [0.29, 0.717) is 10.2 Å². The first-order valence-electron chi connectivity index (χ1n) is 6.67. The van der Waals surface area contributed by atoms with Crippen molar-refractivity contribution in [1.82, 2.24) is 4.31 Å². The molecule has 1 aromatic rings. The van der Waals surface area contributed by atoms with Crippen LogP contribution in [0.2, 0.25) is 0 Å². The Bertz CT molecular complexity index is 642. The second kappa shape index (κ2) is 6.33. The minimum Gasteiger partial charge on any atom is -0.398 e. The van der Waals surface area contributed by atoms with Gasteiger partial charge in [-0.1, -0.05) is 12.8 Å². The van der Waals surface area contributed by atoms with Crippen LogP contribution in [0.1, 0.15) is 25.7 Å². The van der Waals surface area contributed by atoms with E-state index < -0.39 is 15.9 Å². The highest BCUT2D eigenvalue weighted by atomic mass is 79.9. The van der Waals surface area contributed by atoms with Crippen LogP contribution in [0.3, 0.4) is 0 Å². The monoisotopic (exact) mass is 375 g/mol. The molecule has 1 aliphatic rings. The number of benzene rings is 1. The molecule has 1 aromatic carbocycles. The lowest BCUT2D eigenvalue weighted by atomic mass is 10.2. The van der Waals surface area contributed by atoms with Crippen LogP contribution in [0, 0.1) is 0 Å². The molecular weight excluding hydrogens is 358 g/mol. The molecule has 4 N–H and O–H groups in total. The highest BCUT2D eigenvalue weighted by molar-refractivity contribution is 9.10. The first kappa shape index (κ1) is 16.3. The number of sulfonamides is 1. The van der Waals surface area contributed by atoms with Crippen molar-refractivity contribution < 1.29 is 13.2 Å². The quantitative estimate of drug-likeness (QED) is 0.759. The van der Waals surface area contributed by atoms with Crippen molar-refractivity contribution in [2.24, 2.45) is 5.73 Å². The van der Waals surface area contributed by atoms with Gasteiger partial charge >= 0.3 is 0 Å². The van der Waals surface area contributed by atoms with Crippen LogP contribution in [0.25, 0.3) is 0 Å². The van der Waals surface area contributed by atoms with Crippen molar-refractivity contribution >= 4 is 37.5 Å². The predicted octanol–water partition coefficient (Wildman–Crippen LogP) is 1.45. The number of nitrogens with zero attached hydrogens (tertiary/aromatic N) is 1. The summed E-state index contributed by atoms with van der Waals surface area (Å²) >= 11 is 3.23. The summed E-state index contributed by atoms with van der Waals surface area (Å²) in [4.78, 5) is 11.3. The molecule has 8 heteroatoms. The molecule has 0 atom stereocenters. The predicted molar refractivity (Wildman–Crippen MR) is 83.9 cm³/mol. The number of nitrogen functional groups attached to an aromatic ring is 1. The molecule has 1 saturated carbocycles. The number of carbonyl (C=O) groups excluding carboxylic acids is 1. The van der Waals surface area contributed by atoms with Crippen molar-refractivity contribution in [3.63, 3.8) is 0 Å². The number of rotatable bonds is 5. The number of primary amides is 1. The Kier molecular flexibility index (Phi) is 4.90. The van der Waals surface area contributed by atoms with Crippen LogP contribution in [-0.2, 0) is 14.8 Å². The molecule has 0 aromatic heterocycles. The van der Waals surface area contributed by atoms with E-state index in [1.807, 2.05) is 0 Å². The Balaban J connectivity index is 2.40. The Morgan fingerprint density at radius 3 is 2.48 bits per heavy atom. The van der Waals surface area contributed by atoms with Gasteiger partial charge in [-0.25, -0.2) is 8.42 Å². The Hall–Kier alpha value is -1.12. The normalized spacial score (nSPS) is 16.5. The molecule has 1 amide bonds.